The van der Waals surface area contributed by atoms with Crippen LogP contribution >= 0.6 is 0 Å². The first kappa shape index (κ1) is 15.1. The summed E-state index contributed by atoms with van der Waals surface area (Å²) in [6.07, 6.45) is 0. The Balaban J connectivity index is 1.82. The zero-order valence-electron chi connectivity index (χ0n) is 13.5. The van der Waals surface area contributed by atoms with Gasteiger partial charge in [-0.3, -0.25) is 4.79 Å². The van der Waals surface area contributed by atoms with E-state index in [0.717, 1.165) is 22.2 Å². The number of para-hydroxylation sites is 1. The second kappa shape index (κ2) is 6.57. The highest BCUT2D eigenvalue weighted by atomic mass is 16.1. The Kier molecular flexibility index (Phi) is 3.97. The highest BCUT2D eigenvalue weighted by molar-refractivity contribution is 6.07. The number of rotatable bonds is 3. The first-order chi connectivity index (χ1) is 12.3. The van der Waals surface area contributed by atoms with Crippen molar-refractivity contribution in [1.82, 2.24) is 4.98 Å². The number of nitrogens with one attached hydrogen (secondary N) is 1. The van der Waals surface area contributed by atoms with Gasteiger partial charge in [-0.25, -0.2) is 4.98 Å². The Morgan fingerprint density at radius 3 is 2.16 bits per heavy atom. The number of fused-ring (bicyclic) bond motifs is 1. The van der Waals surface area contributed by atoms with Gasteiger partial charge >= 0.3 is 0 Å². The summed E-state index contributed by atoms with van der Waals surface area (Å²) in [7, 11) is 0. The number of aromatic nitrogens is 1. The van der Waals surface area contributed by atoms with Gasteiger partial charge in [-0.1, -0.05) is 66.7 Å². The number of pyridine rings is 1. The molecule has 1 N–H and O–H groups in total. The number of hydrogen-bond acceptors (Lipinski definition) is 2. The summed E-state index contributed by atoms with van der Waals surface area (Å²) >= 11 is 0. The predicted octanol–water partition coefficient (Wildman–Crippen LogP) is 5.15. The molecule has 0 bridgehead atoms. The molecule has 120 valence electrons. The Morgan fingerprint density at radius 2 is 1.40 bits per heavy atom. The van der Waals surface area contributed by atoms with Crippen LogP contribution in [0.25, 0.3) is 22.2 Å². The number of amides is 1. The fourth-order valence-electron chi connectivity index (χ4n) is 2.81. The van der Waals surface area contributed by atoms with Crippen LogP contribution in [-0.2, 0) is 0 Å². The molecule has 0 aliphatic carbocycles. The zero-order chi connectivity index (χ0) is 17.1. The summed E-state index contributed by atoms with van der Waals surface area (Å²) < 4.78 is 0. The van der Waals surface area contributed by atoms with E-state index >= 15 is 0 Å². The fraction of sp³-hybridized carbons (Fsp3) is 0. The second-order valence-corrected chi connectivity index (χ2v) is 5.76. The van der Waals surface area contributed by atoms with Gasteiger partial charge in [0.2, 0.25) is 0 Å². The largest absolute Gasteiger partial charge is 0.320 e. The minimum absolute atomic E-state index is 0.144. The van der Waals surface area contributed by atoms with Gasteiger partial charge in [-0.15, -0.1) is 0 Å². The molecule has 3 heteroatoms. The van der Waals surface area contributed by atoms with Crippen LogP contribution in [0.1, 0.15) is 10.4 Å². The Hall–Kier alpha value is -3.46. The molecule has 0 spiro atoms. The molecule has 4 rings (SSSR count). The second-order valence-electron chi connectivity index (χ2n) is 5.76. The van der Waals surface area contributed by atoms with Gasteiger partial charge in [-0.05, 0) is 24.3 Å². The van der Waals surface area contributed by atoms with E-state index in [0.29, 0.717) is 11.3 Å². The highest BCUT2D eigenvalue weighted by Gasteiger charge is 2.13. The quantitative estimate of drug-likeness (QED) is 0.566. The van der Waals surface area contributed by atoms with Crippen LogP contribution < -0.4 is 5.32 Å². The van der Waals surface area contributed by atoms with Crippen molar-refractivity contribution in [1.29, 1.82) is 0 Å². The average molecular weight is 324 g/mol. The van der Waals surface area contributed by atoms with Crippen molar-refractivity contribution in [2.24, 2.45) is 0 Å². The molecular weight excluding hydrogens is 308 g/mol. The molecule has 0 aliphatic heterocycles. The molecule has 0 unspecified atom stereocenters. The van der Waals surface area contributed by atoms with Gasteiger partial charge in [0.15, 0.2) is 0 Å². The summed E-state index contributed by atoms with van der Waals surface area (Å²) in [4.78, 5) is 17.4. The van der Waals surface area contributed by atoms with Crippen molar-refractivity contribution in [2.75, 3.05) is 5.32 Å². The molecule has 0 radical (unpaired) electrons. The van der Waals surface area contributed by atoms with Gasteiger partial charge in [0.05, 0.1) is 16.9 Å². The van der Waals surface area contributed by atoms with E-state index in [1.54, 1.807) is 12.1 Å². The lowest BCUT2D eigenvalue weighted by molar-refractivity contribution is 0.102. The first-order valence-electron chi connectivity index (χ1n) is 8.13. The summed E-state index contributed by atoms with van der Waals surface area (Å²) in [6, 6.07) is 29.0. The maximum atomic E-state index is 12.6. The summed E-state index contributed by atoms with van der Waals surface area (Å²) in [6.45, 7) is 0. The molecule has 1 amide bonds. The SMILES string of the molecule is O=C(Nc1cc2ccccc2nc1-c1ccccc1)c1ccccc1. The van der Waals surface area contributed by atoms with Crippen molar-refractivity contribution in [3.63, 3.8) is 0 Å². The summed E-state index contributed by atoms with van der Waals surface area (Å²) in [5, 5.41) is 4.01. The van der Waals surface area contributed by atoms with E-state index in [4.69, 9.17) is 4.98 Å². The third kappa shape index (κ3) is 3.12. The zero-order valence-corrected chi connectivity index (χ0v) is 13.5. The van der Waals surface area contributed by atoms with Crippen molar-refractivity contribution >= 4 is 22.5 Å². The van der Waals surface area contributed by atoms with Gasteiger partial charge in [0.25, 0.3) is 5.91 Å². The van der Waals surface area contributed by atoms with Crippen LogP contribution in [0.15, 0.2) is 91.0 Å². The van der Waals surface area contributed by atoms with E-state index in [9.17, 15) is 4.79 Å². The van der Waals surface area contributed by atoms with Crippen LogP contribution in [0.5, 0.6) is 0 Å². The maximum absolute atomic E-state index is 12.6. The Morgan fingerprint density at radius 1 is 0.760 bits per heavy atom. The Bertz CT molecular complexity index is 1030. The minimum Gasteiger partial charge on any atom is -0.320 e. The molecule has 0 saturated carbocycles. The van der Waals surface area contributed by atoms with E-state index in [2.05, 4.69) is 5.32 Å². The Labute approximate surface area is 146 Å². The smallest absolute Gasteiger partial charge is 0.255 e. The molecule has 0 aliphatic rings. The van der Waals surface area contributed by atoms with Gasteiger partial charge in [0.1, 0.15) is 0 Å². The minimum atomic E-state index is -0.144. The van der Waals surface area contributed by atoms with E-state index in [-0.39, 0.29) is 5.91 Å². The lowest BCUT2D eigenvalue weighted by atomic mass is 10.1. The van der Waals surface area contributed by atoms with E-state index in [1.807, 2.05) is 78.9 Å². The molecule has 25 heavy (non-hydrogen) atoms. The van der Waals surface area contributed by atoms with Crippen LogP contribution in [0.4, 0.5) is 5.69 Å². The number of carbonyl (C=O) groups excluding carboxylic acids is 1. The third-order valence-electron chi connectivity index (χ3n) is 4.06. The predicted molar refractivity (Wildman–Crippen MR) is 102 cm³/mol. The molecule has 0 atom stereocenters. The number of anilines is 1. The average Bonchev–Trinajstić information content (AvgIpc) is 2.69. The highest BCUT2D eigenvalue weighted by Crippen LogP contribution is 2.29. The van der Waals surface area contributed by atoms with Crippen LogP contribution in [-0.4, -0.2) is 10.9 Å². The third-order valence-corrected chi connectivity index (χ3v) is 4.06. The molecule has 3 nitrogen and oxygen atoms in total. The summed E-state index contributed by atoms with van der Waals surface area (Å²) in [5.74, 6) is -0.144. The lowest BCUT2D eigenvalue weighted by Gasteiger charge is -2.12. The van der Waals surface area contributed by atoms with Gasteiger partial charge in [-0.2, -0.15) is 0 Å². The molecule has 3 aromatic carbocycles. The molecule has 1 aromatic heterocycles. The van der Waals surface area contributed by atoms with E-state index < -0.39 is 0 Å². The molecule has 1 heterocycles. The normalized spacial score (nSPS) is 10.6. The monoisotopic (exact) mass is 324 g/mol. The lowest BCUT2D eigenvalue weighted by Crippen LogP contribution is -2.13. The summed E-state index contributed by atoms with van der Waals surface area (Å²) in [5.41, 5.74) is 3.97. The van der Waals surface area contributed by atoms with Gasteiger partial charge < -0.3 is 5.32 Å². The number of benzene rings is 3. The maximum Gasteiger partial charge on any atom is 0.255 e. The number of hydrogen-bond donors (Lipinski definition) is 1. The topological polar surface area (TPSA) is 42.0 Å². The number of nitrogens with zero attached hydrogens (tertiary/aromatic N) is 1. The first-order valence-corrected chi connectivity index (χ1v) is 8.13. The van der Waals surface area contributed by atoms with Crippen molar-refractivity contribution < 1.29 is 4.79 Å². The molecule has 4 aromatic rings. The van der Waals surface area contributed by atoms with Crippen LogP contribution in [0.3, 0.4) is 0 Å². The van der Waals surface area contributed by atoms with Crippen LogP contribution in [0, 0.1) is 0 Å². The van der Waals surface area contributed by atoms with Crippen molar-refractivity contribution in [2.45, 2.75) is 0 Å². The van der Waals surface area contributed by atoms with E-state index in [1.165, 1.54) is 0 Å². The van der Waals surface area contributed by atoms with Crippen molar-refractivity contribution in [3.8, 4) is 11.3 Å². The van der Waals surface area contributed by atoms with Gasteiger partial charge in [0, 0.05) is 16.5 Å². The molecule has 0 fully saturated rings. The molecule has 0 saturated heterocycles. The molecular formula is C22H16N2O. The van der Waals surface area contributed by atoms with Crippen molar-refractivity contribution in [3.05, 3.63) is 96.6 Å². The van der Waals surface area contributed by atoms with Crippen LogP contribution in [0.2, 0.25) is 0 Å². The fourth-order valence-corrected chi connectivity index (χ4v) is 2.81. The number of carbonyl (C=O) groups is 1. The standard InChI is InChI=1S/C22H16N2O/c25-22(17-11-5-2-6-12-17)24-20-15-18-13-7-8-14-19(18)23-21(20)16-9-3-1-4-10-16/h1-15H,(H,24,25).